The molecule has 0 amide bonds. The fourth-order valence-electron chi connectivity index (χ4n) is 5.11. The van der Waals surface area contributed by atoms with Gasteiger partial charge >= 0.3 is 0 Å². The quantitative estimate of drug-likeness (QED) is 0.188. The Morgan fingerprint density at radius 2 is 1.74 bits per heavy atom. The van der Waals surface area contributed by atoms with Crippen LogP contribution in [0.15, 0.2) is 66.7 Å². The minimum Gasteiger partial charge on any atom is -0.473 e. The van der Waals surface area contributed by atoms with Crippen molar-refractivity contribution in [3.8, 4) is 17.1 Å². The first kappa shape index (κ1) is 28.9. The van der Waals surface area contributed by atoms with Crippen LogP contribution in [0.2, 0.25) is 0 Å². The third-order valence-electron chi connectivity index (χ3n) is 7.47. The molecule has 43 heavy (non-hydrogen) atoms. The summed E-state index contributed by atoms with van der Waals surface area (Å²) >= 11 is 0. The fraction of sp³-hybridized carbons (Fsp3) is 0.273. The van der Waals surface area contributed by atoms with Crippen molar-refractivity contribution >= 4 is 11.0 Å². The molecule has 1 aliphatic rings. The van der Waals surface area contributed by atoms with E-state index in [1.54, 1.807) is 37.3 Å². The van der Waals surface area contributed by atoms with Gasteiger partial charge < -0.3 is 23.9 Å². The maximum atomic E-state index is 15.5. The van der Waals surface area contributed by atoms with E-state index in [0.717, 1.165) is 28.2 Å². The van der Waals surface area contributed by atoms with E-state index in [-0.39, 0.29) is 54.9 Å². The Morgan fingerprint density at radius 3 is 2.51 bits per heavy atom. The smallest absolute Gasteiger partial charge is 0.214 e. The number of pyridine rings is 1. The minimum atomic E-state index is -0.635. The van der Waals surface area contributed by atoms with E-state index in [2.05, 4.69) is 4.98 Å². The molecule has 3 heterocycles. The average molecular weight is 590 g/mol. The summed E-state index contributed by atoms with van der Waals surface area (Å²) in [7, 11) is 0. The molecule has 0 bridgehead atoms. The number of aryl methyl sites for hydroxylation is 1. The van der Waals surface area contributed by atoms with Crippen molar-refractivity contribution in [2.24, 2.45) is 5.92 Å². The summed E-state index contributed by atoms with van der Waals surface area (Å²) in [6.45, 7) is 3.47. The van der Waals surface area contributed by atoms with Crippen LogP contribution in [0.1, 0.15) is 28.1 Å². The number of hydrogen-bond donors (Lipinski definition) is 1. The number of nitrogens with zero attached hydrogens (tertiary/aromatic N) is 3. The Kier molecular flexibility index (Phi) is 8.42. The largest absolute Gasteiger partial charge is 0.473 e. The lowest BCUT2D eigenvalue weighted by atomic mass is 10.0. The maximum absolute atomic E-state index is 15.5. The molecule has 0 spiro atoms. The van der Waals surface area contributed by atoms with Crippen LogP contribution in [0.3, 0.4) is 0 Å². The molecule has 0 radical (unpaired) electrons. The van der Waals surface area contributed by atoms with Crippen molar-refractivity contribution in [3.05, 3.63) is 112 Å². The first-order valence-electron chi connectivity index (χ1n) is 14.0. The normalized spacial score (nSPS) is 13.4. The van der Waals surface area contributed by atoms with Crippen molar-refractivity contribution in [1.29, 1.82) is 0 Å². The summed E-state index contributed by atoms with van der Waals surface area (Å²) < 4.78 is 63.4. The lowest BCUT2D eigenvalue weighted by Gasteiger charge is -2.27. The van der Waals surface area contributed by atoms with Gasteiger partial charge in [0.05, 0.1) is 36.5 Å². The van der Waals surface area contributed by atoms with Crippen LogP contribution in [0.4, 0.5) is 13.2 Å². The number of hydrogen-bond acceptors (Lipinski definition) is 6. The molecule has 3 aromatic carbocycles. The first-order chi connectivity index (χ1) is 20.9. The third kappa shape index (κ3) is 6.41. The van der Waals surface area contributed by atoms with Crippen LogP contribution >= 0.6 is 0 Å². The highest BCUT2D eigenvalue weighted by Crippen LogP contribution is 2.29. The lowest BCUT2D eigenvalue weighted by Crippen LogP contribution is -2.32. The number of rotatable bonds is 11. The summed E-state index contributed by atoms with van der Waals surface area (Å²) in [4.78, 5) is 9.08. The zero-order valence-corrected chi connectivity index (χ0v) is 23.5. The van der Waals surface area contributed by atoms with Crippen molar-refractivity contribution in [2.75, 3.05) is 20.0 Å². The van der Waals surface area contributed by atoms with Gasteiger partial charge in [0.2, 0.25) is 5.88 Å². The van der Waals surface area contributed by atoms with E-state index < -0.39 is 11.6 Å². The predicted molar refractivity (Wildman–Crippen MR) is 154 cm³/mol. The number of fused-ring (bicyclic) bond motifs is 1. The Labute approximate surface area is 246 Å². The van der Waals surface area contributed by atoms with Crippen LogP contribution < -0.4 is 4.74 Å². The van der Waals surface area contributed by atoms with Crippen molar-refractivity contribution < 1.29 is 32.5 Å². The molecule has 1 fully saturated rings. The molecule has 6 rings (SSSR count). The summed E-state index contributed by atoms with van der Waals surface area (Å²) in [5, 5.41) is 9.02. The van der Waals surface area contributed by atoms with E-state index in [9.17, 15) is 4.39 Å². The molecule has 222 valence electrons. The average Bonchev–Trinajstić information content (AvgIpc) is 3.31. The molecule has 1 N–H and O–H groups in total. The molecule has 0 unspecified atom stereocenters. The van der Waals surface area contributed by atoms with Gasteiger partial charge in [-0.15, -0.1) is 0 Å². The Balaban J connectivity index is 1.25. The number of benzene rings is 3. The topological polar surface area (TPSA) is 78.6 Å². The Morgan fingerprint density at radius 1 is 0.907 bits per heavy atom. The van der Waals surface area contributed by atoms with E-state index in [4.69, 9.17) is 24.3 Å². The van der Waals surface area contributed by atoms with Crippen LogP contribution in [0.5, 0.6) is 5.88 Å². The van der Waals surface area contributed by atoms with E-state index in [0.29, 0.717) is 37.1 Å². The van der Waals surface area contributed by atoms with E-state index in [1.165, 1.54) is 12.1 Å². The standard InChI is InChI=1S/C33H30F3N3O4/c1-20-5-7-23(26(34)9-20)18-43-33-4-2-3-29(38-33)25-13-27(35)24(11-28(25)36)12-32-37-30-8-6-21(15-42-19-40)10-31(30)39(32)14-22-16-41-17-22/h2-11,13,22,40H,12,14-19H2,1H3. The van der Waals surface area contributed by atoms with Gasteiger partial charge in [-0.2, -0.15) is 0 Å². The van der Waals surface area contributed by atoms with Crippen LogP contribution in [-0.4, -0.2) is 39.6 Å². The van der Waals surface area contributed by atoms with Gasteiger partial charge in [-0.3, -0.25) is 0 Å². The molecule has 0 atom stereocenters. The lowest BCUT2D eigenvalue weighted by molar-refractivity contribution is -0.0392. The Hall–Kier alpha value is -4.25. The van der Waals surface area contributed by atoms with Crippen LogP contribution in [-0.2, 0) is 35.7 Å². The summed E-state index contributed by atoms with van der Waals surface area (Å²) in [5.41, 5.74) is 3.95. The zero-order chi connectivity index (χ0) is 29.9. The second-order valence-electron chi connectivity index (χ2n) is 10.7. The van der Waals surface area contributed by atoms with Crippen molar-refractivity contribution in [1.82, 2.24) is 14.5 Å². The molecule has 5 aromatic rings. The zero-order valence-electron chi connectivity index (χ0n) is 23.5. The second kappa shape index (κ2) is 12.5. The molecule has 0 aliphatic carbocycles. The fourth-order valence-corrected chi connectivity index (χ4v) is 5.11. The molecule has 1 aliphatic heterocycles. The number of imidazole rings is 1. The SMILES string of the molecule is Cc1ccc(COc2cccc(-c3cc(F)c(Cc4nc5ccc(COCO)cc5n4CC4COC4)cc3F)n2)c(F)c1. The highest BCUT2D eigenvalue weighted by Gasteiger charge is 2.23. The maximum Gasteiger partial charge on any atom is 0.214 e. The van der Waals surface area contributed by atoms with E-state index >= 15 is 8.78 Å². The van der Waals surface area contributed by atoms with Crippen LogP contribution in [0.25, 0.3) is 22.3 Å². The highest BCUT2D eigenvalue weighted by molar-refractivity contribution is 5.77. The van der Waals surface area contributed by atoms with Crippen molar-refractivity contribution in [3.63, 3.8) is 0 Å². The summed E-state index contributed by atoms with van der Waals surface area (Å²) in [6.07, 6.45) is 0.0759. The second-order valence-corrected chi connectivity index (χ2v) is 10.7. The molecular weight excluding hydrogens is 559 g/mol. The number of aromatic nitrogens is 3. The minimum absolute atomic E-state index is 0.0122. The van der Waals surface area contributed by atoms with Gasteiger partial charge in [0.1, 0.15) is 36.7 Å². The molecule has 7 nitrogen and oxygen atoms in total. The number of aliphatic hydroxyl groups is 1. The van der Waals surface area contributed by atoms with Crippen molar-refractivity contribution in [2.45, 2.75) is 33.1 Å². The highest BCUT2D eigenvalue weighted by atomic mass is 19.1. The van der Waals surface area contributed by atoms with Gasteiger partial charge in [-0.25, -0.2) is 23.1 Å². The van der Waals surface area contributed by atoms with Crippen LogP contribution in [0, 0.1) is 30.3 Å². The summed E-state index contributed by atoms with van der Waals surface area (Å²) in [5.74, 6) is -0.548. The summed E-state index contributed by atoms with van der Waals surface area (Å²) in [6, 6.07) is 17.6. The van der Waals surface area contributed by atoms with Gasteiger partial charge in [-0.05, 0) is 60.0 Å². The molecule has 1 saturated heterocycles. The van der Waals surface area contributed by atoms with E-state index in [1.807, 2.05) is 22.8 Å². The Bertz CT molecular complexity index is 1770. The number of aliphatic hydroxyl groups excluding tert-OH is 1. The monoisotopic (exact) mass is 589 g/mol. The molecule has 10 heteroatoms. The molecule has 2 aromatic heterocycles. The van der Waals surface area contributed by atoms with Gasteiger partial charge in [0.15, 0.2) is 0 Å². The molecular formula is C33H30F3N3O4. The van der Waals surface area contributed by atoms with Gasteiger partial charge in [0, 0.05) is 36.1 Å². The third-order valence-corrected chi connectivity index (χ3v) is 7.47. The predicted octanol–water partition coefficient (Wildman–Crippen LogP) is 6.11. The van der Waals surface area contributed by atoms with Gasteiger partial charge in [0.25, 0.3) is 0 Å². The first-order valence-corrected chi connectivity index (χ1v) is 14.0. The number of halogens is 3. The molecule has 0 saturated carbocycles. The van der Waals surface area contributed by atoms with Gasteiger partial charge in [-0.1, -0.05) is 24.3 Å². The number of ether oxygens (including phenoxy) is 3.